The van der Waals surface area contributed by atoms with Gasteiger partial charge in [-0.2, -0.15) is 4.98 Å². The topological polar surface area (TPSA) is 86.5 Å². The van der Waals surface area contributed by atoms with Crippen molar-refractivity contribution in [3.05, 3.63) is 59.5 Å². The maximum Gasteiger partial charge on any atom is 0.231 e. The fourth-order valence-corrected chi connectivity index (χ4v) is 2.93. The molecule has 0 saturated carbocycles. The standard InChI is InChI=1S/C21H21N3O4/c1-14-2-5-16(6-3-14)21-23-20(28-24-21)9-8-19(25)22-11-10-15-4-7-17-18(12-15)27-13-26-17/h2-7,12H,8-11,13H2,1H3,(H,22,25). The molecule has 1 amide bonds. The third-order valence-corrected chi connectivity index (χ3v) is 4.52. The van der Waals surface area contributed by atoms with E-state index in [1.54, 1.807) is 0 Å². The third-order valence-electron chi connectivity index (χ3n) is 4.52. The zero-order chi connectivity index (χ0) is 19.3. The number of aromatic nitrogens is 2. The number of carbonyl (C=O) groups excluding carboxylic acids is 1. The number of amides is 1. The van der Waals surface area contributed by atoms with Crippen molar-refractivity contribution in [1.82, 2.24) is 15.5 Å². The Morgan fingerprint density at radius 1 is 1.07 bits per heavy atom. The van der Waals surface area contributed by atoms with Crippen LogP contribution < -0.4 is 14.8 Å². The zero-order valence-electron chi connectivity index (χ0n) is 15.6. The smallest absolute Gasteiger partial charge is 0.231 e. The van der Waals surface area contributed by atoms with E-state index < -0.39 is 0 Å². The molecule has 3 aromatic rings. The van der Waals surface area contributed by atoms with Crippen molar-refractivity contribution in [1.29, 1.82) is 0 Å². The van der Waals surface area contributed by atoms with Crippen LogP contribution in [0.4, 0.5) is 0 Å². The molecule has 2 heterocycles. The Morgan fingerprint density at radius 2 is 1.89 bits per heavy atom. The second-order valence-electron chi connectivity index (χ2n) is 6.67. The highest BCUT2D eigenvalue weighted by molar-refractivity contribution is 5.76. The first-order chi connectivity index (χ1) is 13.7. The van der Waals surface area contributed by atoms with Gasteiger partial charge in [-0.3, -0.25) is 4.79 Å². The Bertz CT molecular complexity index is 966. The maximum atomic E-state index is 12.1. The third kappa shape index (κ3) is 4.31. The first-order valence-corrected chi connectivity index (χ1v) is 9.22. The van der Waals surface area contributed by atoms with Gasteiger partial charge in [-0.25, -0.2) is 0 Å². The summed E-state index contributed by atoms with van der Waals surface area (Å²) in [6.45, 7) is 2.84. The average Bonchev–Trinajstić information content (AvgIpc) is 3.36. The van der Waals surface area contributed by atoms with Gasteiger partial charge in [0.1, 0.15) is 0 Å². The van der Waals surface area contributed by atoms with E-state index in [1.807, 2.05) is 49.4 Å². The molecule has 0 radical (unpaired) electrons. The Morgan fingerprint density at radius 3 is 2.75 bits per heavy atom. The minimum Gasteiger partial charge on any atom is -0.454 e. The average molecular weight is 379 g/mol. The summed E-state index contributed by atoms with van der Waals surface area (Å²) in [5.74, 6) is 2.47. The van der Waals surface area contributed by atoms with Crippen molar-refractivity contribution >= 4 is 5.91 Å². The van der Waals surface area contributed by atoms with Gasteiger partial charge in [0, 0.05) is 24.9 Å². The van der Waals surface area contributed by atoms with Gasteiger partial charge in [0.15, 0.2) is 11.5 Å². The van der Waals surface area contributed by atoms with Crippen LogP contribution in [0.5, 0.6) is 11.5 Å². The number of aryl methyl sites for hydroxylation is 2. The number of hydrogen-bond acceptors (Lipinski definition) is 6. The van der Waals surface area contributed by atoms with Gasteiger partial charge in [-0.1, -0.05) is 41.1 Å². The van der Waals surface area contributed by atoms with Crippen LogP contribution in [0.3, 0.4) is 0 Å². The summed E-state index contributed by atoms with van der Waals surface area (Å²) in [4.78, 5) is 16.4. The van der Waals surface area contributed by atoms with E-state index >= 15 is 0 Å². The summed E-state index contributed by atoms with van der Waals surface area (Å²) in [6.07, 6.45) is 1.44. The van der Waals surface area contributed by atoms with Crippen LogP contribution in [-0.4, -0.2) is 29.4 Å². The fraction of sp³-hybridized carbons (Fsp3) is 0.286. The van der Waals surface area contributed by atoms with Crippen LogP contribution in [0.15, 0.2) is 47.0 Å². The molecule has 0 saturated heterocycles. The summed E-state index contributed by atoms with van der Waals surface area (Å²) in [5.41, 5.74) is 3.16. The molecule has 7 nitrogen and oxygen atoms in total. The summed E-state index contributed by atoms with van der Waals surface area (Å²) < 4.78 is 15.9. The molecule has 1 N–H and O–H groups in total. The van der Waals surface area contributed by atoms with Crippen molar-refractivity contribution in [3.8, 4) is 22.9 Å². The second-order valence-corrected chi connectivity index (χ2v) is 6.67. The molecular weight excluding hydrogens is 358 g/mol. The number of nitrogens with zero attached hydrogens (tertiary/aromatic N) is 2. The lowest BCUT2D eigenvalue weighted by atomic mass is 10.1. The molecule has 1 aliphatic rings. The van der Waals surface area contributed by atoms with Gasteiger partial charge < -0.3 is 19.3 Å². The van der Waals surface area contributed by atoms with E-state index in [9.17, 15) is 4.79 Å². The van der Waals surface area contributed by atoms with Crippen molar-refractivity contribution in [2.45, 2.75) is 26.2 Å². The number of fused-ring (bicyclic) bond motifs is 1. The summed E-state index contributed by atoms with van der Waals surface area (Å²) in [7, 11) is 0. The molecule has 4 rings (SSSR count). The molecule has 0 fully saturated rings. The van der Waals surface area contributed by atoms with E-state index in [-0.39, 0.29) is 12.7 Å². The number of nitrogens with one attached hydrogen (secondary N) is 1. The molecule has 0 aliphatic carbocycles. The highest BCUT2D eigenvalue weighted by Gasteiger charge is 2.13. The second kappa shape index (κ2) is 8.12. The van der Waals surface area contributed by atoms with Crippen LogP contribution in [0, 0.1) is 6.92 Å². The number of ether oxygens (including phenoxy) is 2. The van der Waals surface area contributed by atoms with Gasteiger partial charge in [-0.05, 0) is 31.0 Å². The van der Waals surface area contributed by atoms with E-state index in [1.165, 1.54) is 5.56 Å². The van der Waals surface area contributed by atoms with E-state index in [2.05, 4.69) is 15.5 Å². The lowest BCUT2D eigenvalue weighted by Crippen LogP contribution is -2.25. The maximum absolute atomic E-state index is 12.1. The van der Waals surface area contributed by atoms with Gasteiger partial charge in [0.05, 0.1) is 0 Å². The number of hydrogen-bond donors (Lipinski definition) is 1. The Kier molecular flexibility index (Phi) is 5.23. The SMILES string of the molecule is Cc1ccc(-c2noc(CCC(=O)NCCc3ccc4c(c3)OCO4)n2)cc1. The molecule has 144 valence electrons. The molecule has 0 unspecified atom stereocenters. The molecule has 1 aliphatic heterocycles. The van der Waals surface area contributed by atoms with Crippen LogP contribution in [0.1, 0.15) is 23.4 Å². The van der Waals surface area contributed by atoms with Gasteiger partial charge in [-0.15, -0.1) is 0 Å². The van der Waals surface area contributed by atoms with E-state index in [0.29, 0.717) is 31.1 Å². The molecular formula is C21H21N3O4. The minimum absolute atomic E-state index is 0.0455. The monoisotopic (exact) mass is 379 g/mol. The van der Waals surface area contributed by atoms with Crippen LogP contribution >= 0.6 is 0 Å². The predicted octanol–water partition coefficient (Wildman–Crippen LogP) is 3.07. The quantitative estimate of drug-likeness (QED) is 0.679. The molecule has 0 atom stereocenters. The van der Waals surface area contributed by atoms with E-state index in [4.69, 9.17) is 14.0 Å². The molecule has 28 heavy (non-hydrogen) atoms. The Balaban J connectivity index is 1.22. The number of benzene rings is 2. The molecule has 0 bridgehead atoms. The largest absolute Gasteiger partial charge is 0.454 e. The highest BCUT2D eigenvalue weighted by Crippen LogP contribution is 2.32. The van der Waals surface area contributed by atoms with Crippen LogP contribution in [0.25, 0.3) is 11.4 Å². The highest BCUT2D eigenvalue weighted by atomic mass is 16.7. The minimum atomic E-state index is -0.0455. The molecule has 1 aromatic heterocycles. The lowest BCUT2D eigenvalue weighted by Gasteiger charge is -2.05. The van der Waals surface area contributed by atoms with Gasteiger partial charge >= 0.3 is 0 Å². The summed E-state index contributed by atoms with van der Waals surface area (Å²) in [6, 6.07) is 13.7. The first-order valence-electron chi connectivity index (χ1n) is 9.22. The van der Waals surface area contributed by atoms with Crippen molar-refractivity contribution < 1.29 is 18.8 Å². The normalized spacial score (nSPS) is 12.2. The summed E-state index contributed by atoms with van der Waals surface area (Å²) >= 11 is 0. The van der Waals surface area contributed by atoms with Crippen molar-refractivity contribution in [2.75, 3.05) is 13.3 Å². The van der Waals surface area contributed by atoms with Crippen molar-refractivity contribution in [3.63, 3.8) is 0 Å². The van der Waals surface area contributed by atoms with Gasteiger partial charge in [0.25, 0.3) is 0 Å². The predicted molar refractivity (Wildman–Crippen MR) is 102 cm³/mol. The van der Waals surface area contributed by atoms with E-state index in [0.717, 1.165) is 29.0 Å². The van der Waals surface area contributed by atoms with Crippen LogP contribution in [-0.2, 0) is 17.6 Å². The number of rotatable bonds is 7. The fourth-order valence-electron chi connectivity index (χ4n) is 2.93. The summed E-state index contributed by atoms with van der Waals surface area (Å²) in [5, 5.41) is 6.90. The zero-order valence-corrected chi connectivity index (χ0v) is 15.6. The van der Waals surface area contributed by atoms with Crippen LogP contribution in [0.2, 0.25) is 0 Å². The van der Waals surface area contributed by atoms with Crippen molar-refractivity contribution in [2.24, 2.45) is 0 Å². The Labute approximate surface area is 162 Å². The Hall–Kier alpha value is -3.35. The number of carbonyl (C=O) groups is 1. The first kappa shape index (κ1) is 18.0. The van der Waals surface area contributed by atoms with Gasteiger partial charge in [0.2, 0.25) is 24.4 Å². The molecule has 0 spiro atoms. The molecule has 2 aromatic carbocycles. The molecule has 7 heteroatoms. The lowest BCUT2D eigenvalue weighted by molar-refractivity contribution is -0.121.